The lowest BCUT2D eigenvalue weighted by Gasteiger charge is -2.23. The van der Waals surface area contributed by atoms with Gasteiger partial charge in [-0.05, 0) is 37.6 Å². The summed E-state index contributed by atoms with van der Waals surface area (Å²) in [5, 5.41) is 7.92. The maximum absolute atomic E-state index is 13.2. The Hall–Kier alpha value is -3.98. The van der Waals surface area contributed by atoms with Crippen molar-refractivity contribution in [2.24, 2.45) is 0 Å². The van der Waals surface area contributed by atoms with Crippen LogP contribution in [0.25, 0.3) is 21.3 Å². The third-order valence-electron chi connectivity index (χ3n) is 5.43. The predicted molar refractivity (Wildman–Crippen MR) is 128 cm³/mol. The van der Waals surface area contributed by atoms with Crippen molar-refractivity contribution in [1.29, 1.82) is 0 Å². The zero-order valence-corrected chi connectivity index (χ0v) is 18.7. The van der Waals surface area contributed by atoms with E-state index >= 15 is 0 Å². The molecule has 0 spiro atoms. The third-order valence-corrected chi connectivity index (χ3v) is 6.32. The highest BCUT2D eigenvalue weighted by molar-refractivity contribution is 7.17. The Morgan fingerprint density at radius 2 is 2.00 bits per heavy atom. The number of nitrogens with one attached hydrogen (secondary N) is 2. The van der Waals surface area contributed by atoms with Crippen LogP contribution in [-0.2, 0) is 16.1 Å². The van der Waals surface area contributed by atoms with E-state index in [1.807, 2.05) is 36.6 Å². The number of nitrogens with zero attached hydrogens (tertiary/aromatic N) is 2. The molecule has 9 heteroatoms. The van der Waals surface area contributed by atoms with Gasteiger partial charge >= 0.3 is 0 Å². The second-order valence-electron chi connectivity index (χ2n) is 7.88. The van der Waals surface area contributed by atoms with Crippen molar-refractivity contribution < 1.29 is 14.3 Å². The van der Waals surface area contributed by atoms with Gasteiger partial charge in [0, 0.05) is 16.6 Å². The van der Waals surface area contributed by atoms with Crippen LogP contribution in [0.5, 0.6) is 5.75 Å². The Morgan fingerprint density at radius 1 is 1.21 bits per heavy atom. The molecule has 5 rings (SSSR count). The van der Waals surface area contributed by atoms with Crippen molar-refractivity contribution in [1.82, 2.24) is 9.55 Å². The number of rotatable bonds is 4. The fraction of sp³-hybridized carbons (Fsp3) is 0.167. The molecule has 0 saturated heterocycles. The molecular weight excluding hydrogens is 440 g/mol. The number of amides is 2. The van der Waals surface area contributed by atoms with Crippen molar-refractivity contribution in [3.63, 3.8) is 0 Å². The molecule has 0 aliphatic carbocycles. The lowest BCUT2D eigenvalue weighted by molar-refractivity contribution is -0.122. The molecule has 166 valence electrons. The Labute approximate surface area is 192 Å². The number of anilines is 2. The van der Waals surface area contributed by atoms with Crippen LogP contribution in [0, 0.1) is 6.92 Å². The van der Waals surface area contributed by atoms with E-state index in [0.717, 1.165) is 16.7 Å². The number of ether oxygens (including phenoxy) is 1. The number of aromatic nitrogens is 2. The molecule has 33 heavy (non-hydrogen) atoms. The second kappa shape index (κ2) is 8.18. The Bertz CT molecular complexity index is 1460. The smallest absolute Gasteiger partial charge is 0.265 e. The summed E-state index contributed by atoms with van der Waals surface area (Å²) in [4.78, 5) is 42.7. The summed E-state index contributed by atoms with van der Waals surface area (Å²) in [6.07, 6.45) is 0.816. The number of carbonyl (C=O) groups excluding carboxylic acids is 2. The van der Waals surface area contributed by atoms with Crippen LogP contribution in [0.3, 0.4) is 0 Å². The molecule has 0 saturated carbocycles. The molecule has 2 aromatic heterocycles. The molecule has 1 aliphatic rings. The minimum atomic E-state index is -0.575. The Kier molecular flexibility index (Phi) is 5.18. The van der Waals surface area contributed by atoms with Gasteiger partial charge in [-0.1, -0.05) is 29.8 Å². The summed E-state index contributed by atoms with van der Waals surface area (Å²) >= 11 is 1.40. The summed E-state index contributed by atoms with van der Waals surface area (Å²) < 4.78 is 6.82. The largest absolute Gasteiger partial charge is 0.479 e. The van der Waals surface area contributed by atoms with E-state index in [1.54, 1.807) is 25.1 Å². The van der Waals surface area contributed by atoms with Gasteiger partial charge in [0.15, 0.2) is 6.10 Å². The number of carbonyl (C=O) groups is 2. The van der Waals surface area contributed by atoms with E-state index < -0.39 is 6.10 Å². The van der Waals surface area contributed by atoms with Crippen molar-refractivity contribution in [2.45, 2.75) is 26.5 Å². The fourth-order valence-corrected chi connectivity index (χ4v) is 4.57. The summed E-state index contributed by atoms with van der Waals surface area (Å²) in [5.41, 5.74) is 3.57. The Morgan fingerprint density at radius 3 is 2.79 bits per heavy atom. The number of hydrogen-bond donors (Lipinski definition) is 2. The van der Waals surface area contributed by atoms with E-state index in [9.17, 15) is 14.4 Å². The SMILES string of the molecule is Cc1ccc(-c2csc3ncn(CC(=O)Nc4ccc5c(c4)NC(=O)[C@@H](C)O5)c(=O)c23)cc1. The number of benzene rings is 2. The summed E-state index contributed by atoms with van der Waals surface area (Å²) in [7, 11) is 0. The monoisotopic (exact) mass is 460 g/mol. The lowest BCUT2D eigenvalue weighted by atomic mass is 10.1. The molecular formula is C24H20N4O4S. The molecule has 8 nitrogen and oxygen atoms in total. The summed E-state index contributed by atoms with van der Waals surface area (Å²) in [6, 6.07) is 12.9. The molecule has 1 aliphatic heterocycles. The van der Waals surface area contributed by atoms with Crippen LogP contribution < -0.4 is 20.9 Å². The van der Waals surface area contributed by atoms with E-state index in [4.69, 9.17) is 4.74 Å². The molecule has 3 heterocycles. The normalized spacial score (nSPS) is 15.0. The first-order valence-electron chi connectivity index (χ1n) is 10.3. The van der Waals surface area contributed by atoms with Gasteiger partial charge in [0.05, 0.1) is 17.4 Å². The Balaban J connectivity index is 1.39. The number of aryl methyl sites for hydroxylation is 1. The minimum Gasteiger partial charge on any atom is -0.479 e. The van der Waals surface area contributed by atoms with E-state index in [0.29, 0.717) is 27.3 Å². The van der Waals surface area contributed by atoms with Crippen LogP contribution >= 0.6 is 11.3 Å². The van der Waals surface area contributed by atoms with Crippen LogP contribution in [0.1, 0.15) is 12.5 Å². The van der Waals surface area contributed by atoms with E-state index in [-0.39, 0.29) is 23.9 Å². The summed E-state index contributed by atoms with van der Waals surface area (Å²) in [5.74, 6) is -0.106. The van der Waals surface area contributed by atoms with E-state index in [2.05, 4.69) is 15.6 Å². The van der Waals surface area contributed by atoms with Gasteiger partial charge in [-0.3, -0.25) is 19.0 Å². The van der Waals surface area contributed by atoms with Crippen LogP contribution in [0.4, 0.5) is 11.4 Å². The molecule has 1 atom stereocenters. The first-order valence-corrected chi connectivity index (χ1v) is 11.2. The highest BCUT2D eigenvalue weighted by Gasteiger charge is 2.23. The van der Waals surface area contributed by atoms with Crippen LogP contribution in [-0.4, -0.2) is 27.5 Å². The van der Waals surface area contributed by atoms with Gasteiger partial charge in [0.1, 0.15) is 17.1 Å². The van der Waals surface area contributed by atoms with Crippen molar-refractivity contribution in [3.8, 4) is 16.9 Å². The average molecular weight is 461 g/mol. The molecule has 0 bridgehead atoms. The molecule has 0 unspecified atom stereocenters. The van der Waals surface area contributed by atoms with Crippen LogP contribution in [0.15, 0.2) is 59.0 Å². The standard InChI is InChI=1S/C24H20N4O4S/c1-13-3-5-15(6-4-13)17-11-33-23-21(17)24(31)28(12-25-23)10-20(29)26-16-7-8-19-18(9-16)27-22(30)14(2)32-19/h3-9,11-12,14H,10H2,1-2H3,(H,26,29)(H,27,30)/t14-/m1/s1. The molecule has 0 radical (unpaired) electrons. The van der Waals surface area contributed by atoms with Gasteiger partial charge in [0.2, 0.25) is 5.91 Å². The highest BCUT2D eigenvalue weighted by Crippen LogP contribution is 2.32. The molecule has 2 aromatic carbocycles. The molecule has 2 amide bonds. The minimum absolute atomic E-state index is 0.193. The maximum atomic E-state index is 13.2. The van der Waals surface area contributed by atoms with Gasteiger partial charge in [0.25, 0.3) is 11.5 Å². The molecule has 0 fully saturated rings. The maximum Gasteiger partial charge on any atom is 0.265 e. The van der Waals surface area contributed by atoms with Gasteiger partial charge in [-0.15, -0.1) is 11.3 Å². The molecule has 2 N–H and O–H groups in total. The van der Waals surface area contributed by atoms with E-state index in [1.165, 1.54) is 22.2 Å². The lowest BCUT2D eigenvalue weighted by Crippen LogP contribution is -2.34. The number of thiophene rings is 1. The van der Waals surface area contributed by atoms with Gasteiger partial charge in [-0.2, -0.15) is 0 Å². The average Bonchev–Trinajstić information content (AvgIpc) is 3.22. The van der Waals surface area contributed by atoms with Gasteiger partial charge < -0.3 is 15.4 Å². The number of fused-ring (bicyclic) bond motifs is 2. The van der Waals surface area contributed by atoms with Crippen molar-refractivity contribution >= 4 is 44.7 Å². The quantitative estimate of drug-likeness (QED) is 0.482. The van der Waals surface area contributed by atoms with Crippen LogP contribution in [0.2, 0.25) is 0 Å². The van der Waals surface area contributed by atoms with Crippen molar-refractivity contribution in [3.05, 3.63) is 70.1 Å². The fourth-order valence-electron chi connectivity index (χ4n) is 3.67. The predicted octanol–water partition coefficient (Wildman–Crippen LogP) is 3.79. The molecule has 4 aromatic rings. The zero-order valence-electron chi connectivity index (χ0n) is 17.9. The highest BCUT2D eigenvalue weighted by atomic mass is 32.1. The third kappa shape index (κ3) is 3.98. The van der Waals surface area contributed by atoms with Crippen molar-refractivity contribution in [2.75, 3.05) is 10.6 Å². The zero-order chi connectivity index (χ0) is 23.1. The first kappa shape index (κ1) is 20.9. The second-order valence-corrected chi connectivity index (χ2v) is 8.74. The first-order chi connectivity index (χ1) is 15.9. The number of hydrogen-bond acceptors (Lipinski definition) is 6. The van der Waals surface area contributed by atoms with Gasteiger partial charge in [-0.25, -0.2) is 4.98 Å². The topological polar surface area (TPSA) is 102 Å². The summed E-state index contributed by atoms with van der Waals surface area (Å²) in [6.45, 7) is 3.48.